The summed E-state index contributed by atoms with van der Waals surface area (Å²) in [5, 5.41) is 12.8. The Labute approximate surface area is 138 Å². The minimum atomic E-state index is 0.246. The zero-order chi connectivity index (χ0) is 15.9. The average Bonchev–Trinajstić information content (AvgIpc) is 3.06. The first kappa shape index (κ1) is 16.0. The van der Waals surface area contributed by atoms with E-state index in [9.17, 15) is 0 Å². The lowest BCUT2D eigenvalue weighted by molar-refractivity contribution is 0.275. The van der Waals surface area contributed by atoms with E-state index in [0.717, 1.165) is 44.6 Å². The minimum Gasteiger partial charge on any atom is -0.493 e. The molecule has 0 fully saturated rings. The zero-order valence-corrected chi connectivity index (χ0v) is 13.5. The van der Waals surface area contributed by atoms with Crippen LogP contribution in [0.25, 0.3) is 0 Å². The summed E-state index contributed by atoms with van der Waals surface area (Å²) in [6.45, 7) is 1.99. The third-order valence-electron chi connectivity index (χ3n) is 4.41. The maximum absolute atomic E-state index is 9.12. The fourth-order valence-electron chi connectivity index (χ4n) is 3.15. The van der Waals surface area contributed by atoms with Gasteiger partial charge in [0.05, 0.1) is 6.61 Å². The molecule has 3 nitrogen and oxygen atoms in total. The summed E-state index contributed by atoms with van der Waals surface area (Å²) in [4.78, 5) is 0. The van der Waals surface area contributed by atoms with Crippen LogP contribution in [0.4, 0.5) is 0 Å². The molecule has 1 unspecified atom stereocenters. The van der Waals surface area contributed by atoms with Crippen LogP contribution in [0.2, 0.25) is 0 Å². The summed E-state index contributed by atoms with van der Waals surface area (Å²) >= 11 is 0. The van der Waals surface area contributed by atoms with Crippen molar-refractivity contribution in [2.75, 3.05) is 19.8 Å². The molecule has 1 heterocycles. The van der Waals surface area contributed by atoms with E-state index in [4.69, 9.17) is 9.84 Å². The topological polar surface area (TPSA) is 41.5 Å². The molecule has 2 aromatic carbocycles. The molecule has 0 bridgehead atoms. The van der Waals surface area contributed by atoms with Crippen molar-refractivity contribution in [3.05, 3.63) is 65.2 Å². The van der Waals surface area contributed by atoms with Crippen molar-refractivity contribution in [1.29, 1.82) is 0 Å². The Morgan fingerprint density at radius 2 is 2.00 bits per heavy atom. The number of benzene rings is 2. The molecular weight excluding hydrogens is 286 g/mol. The Morgan fingerprint density at radius 3 is 2.83 bits per heavy atom. The van der Waals surface area contributed by atoms with Gasteiger partial charge in [0.15, 0.2) is 0 Å². The van der Waals surface area contributed by atoms with E-state index in [2.05, 4.69) is 47.8 Å². The highest BCUT2D eigenvalue weighted by Gasteiger charge is 2.13. The van der Waals surface area contributed by atoms with Crippen LogP contribution in [0.15, 0.2) is 48.5 Å². The van der Waals surface area contributed by atoms with Gasteiger partial charge in [0.25, 0.3) is 0 Å². The maximum atomic E-state index is 9.12. The van der Waals surface area contributed by atoms with Gasteiger partial charge in [-0.3, -0.25) is 0 Å². The van der Waals surface area contributed by atoms with Gasteiger partial charge in [-0.05, 0) is 48.6 Å². The Bertz CT molecular complexity index is 612. The van der Waals surface area contributed by atoms with E-state index in [1.165, 1.54) is 16.7 Å². The van der Waals surface area contributed by atoms with Crippen LogP contribution >= 0.6 is 0 Å². The smallest absolute Gasteiger partial charge is 0.122 e. The van der Waals surface area contributed by atoms with Crippen LogP contribution in [0.3, 0.4) is 0 Å². The number of aliphatic hydroxyl groups excluding tert-OH is 1. The summed E-state index contributed by atoms with van der Waals surface area (Å²) in [5.41, 5.74) is 3.99. The lowest BCUT2D eigenvalue weighted by Crippen LogP contribution is -2.24. The molecular formula is C20H25NO2. The fraction of sp³-hybridized carbons (Fsp3) is 0.400. The van der Waals surface area contributed by atoms with Crippen LogP contribution in [0, 0.1) is 0 Å². The number of rotatable bonds is 8. The third-order valence-corrected chi connectivity index (χ3v) is 4.41. The van der Waals surface area contributed by atoms with Crippen molar-refractivity contribution in [1.82, 2.24) is 5.32 Å². The molecule has 3 heteroatoms. The van der Waals surface area contributed by atoms with E-state index in [1.54, 1.807) is 0 Å². The van der Waals surface area contributed by atoms with Gasteiger partial charge in [-0.15, -0.1) is 0 Å². The molecule has 23 heavy (non-hydrogen) atoms. The quantitative estimate of drug-likeness (QED) is 0.786. The van der Waals surface area contributed by atoms with Gasteiger partial charge in [-0.25, -0.2) is 0 Å². The fourth-order valence-corrected chi connectivity index (χ4v) is 3.15. The number of hydrogen-bond donors (Lipinski definition) is 2. The highest BCUT2D eigenvalue weighted by Crippen LogP contribution is 2.26. The summed E-state index contributed by atoms with van der Waals surface area (Å²) in [7, 11) is 0. The van der Waals surface area contributed by atoms with E-state index >= 15 is 0 Å². The predicted molar refractivity (Wildman–Crippen MR) is 92.9 cm³/mol. The van der Waals surface area contributed by atoms with Crippen LogP contribution in [0.5, 0.6) is 5.75 Å². The Kier molecular flexibility index (Phi) is 5.67. The first-order chi connectivity index (χ1) is 11.4. The molecule has 1 aliphatic rings. The molecule has 0 aromatic heterocycles. The number of nitrogens with one attached hydrogen (secondary N) is 1. The molecule has 122 valence electrons. The molecule has 3 rings (SSSR count). The Hall–Kier alpha value is -1.84. The van der Waals surface area contributed by atoms with Gasteiger partial charge < -0.3 is 15.2 Å². The second-order valence-corrected chi connectivity index (χ2v) is 6.07. The first-order valence-electron chi connectivity index (χ1n) is 8.50. The summed E-state index contributed by atoms with van der Waals surface area (Å²) in [5.74, 6) is 1.05. The first-order valence-corrected chi connectivity index (χ1v) is 8.50. The normalized spacial score (nSPS) is 14.3. The number of fused-ring (bicyclic) bond motifs is 1. The molecule has 0 spiro atoms. The monoisotopic (exact) mass is 311 g/mol. The minimum absolute atomic E-state index is 0.246. The Balaban J connectivity index is 1.56. The van der Waals surface area contributed by atoms with Crippen molar-refractivity contribution in [3.8, 4) is 5.75 Å². The number of hydrogen-bond acceptors (Lipinski definition) is 3. The van der Waals surface area contributed by atoms with Crippen molar-refractivity contribution in [2.24, 2.45) is 0 Å². The molecule has 1 atom stereocenters. The van der Waals surface area contributed by atoms with E-state index in [0.29, 0.717) is 6.04 Å². The predicted octanol–water partition coefficient (Wildman–Crippen LogP) is 3.27. The van der Waals surface area contributed by atoms with E-state index < -0.39 is 0 Å². The summed E-state index contributed by atoms with van der Waals surface area (Å²) < 4.78 is 5.56. The zero-order valence-electron chi connectivity index (χ0n) is 13.5. The molecule has 2 N–H and O–H groups in total. The van der Waals surface area contributed by atoms with E-state index in [-0.39, 0.29) is 6.61 Å². The highest BCUT2D eigenvalue weighted by molar-refractivity contribution is 5.39. The standard InChI is InChI=1S/C20H25NO2/c22-13-4-7-19(17-5-2-1-3-6-17)21-12-10-16-8-9-20-18(15-16)11-14-23-20/h1-3,5-6,8-9,15,19,21-22H,4,7,10-14H2. The van der Waals surface area contributed by atoms with Crippen LogP contribution in [-0.2, 0) is 12.8 Å². The molecule has 1 aliphatic heterocycles. The molecule has 0 saturated carbocycles. The van der Waals surface area contributed by atoms with Gasteiger partial charge >= 0.3 is 0 Å². The van der Waals surface area contributed by atoms with Crippen LogP contribution < -0.4 is 10.1 Å². The summed E-state index contributed by atoms with van der Waals surface area (Å²) in [6, 6.07) is 17.3. The molecule has 2 aromatic rings. The van der Waals surface area contributed by atoms with Gasteiger partial charge in [0.1, 0.15) is 5.75 Å². The lowest BCUT2D eigenvalue weighted by Gasteiger charge is -2.19. The molecule has 0 radical (unpaired) electrons. The molecule has 0 amide bonds. The van der Waals surface area contributed by atoms with E-state index in [1.807, 2.05) is 6.07 Å². The largest absolute Gasteiger partial charge is 0.493 e. The Morgan fingerprint density at radius 1 is 1.13 bits per heavy atom. The van der Waals surface area contributed by atoms with Crippen molar-refractivity contribution >= 4 is 0 Å². The average molecular weight is 311 g/mol. The third kappa shape index (κ3) is 4.34. The summed E-state index contributed by atoms with van der Waals surface area (Å²) in [6.07, 6.45) is 3.82. The lowest BCUT2D eigenvalue weighted by atomic mass is 10.0. The van der Waals surface area contributed by atoms with Gasteiger partial charge in [-0.1, -0.05) is 42.5 Å². The second-order valence-electron chi connectivity index (χ2n) is 6.07. The van der Waals surface area contributed by atoms with Crippen molar-refractivity contribution < 1.29 is 9.84 Å². The van der Waals surface area contributed by atoms with Gasteiger partial charge in [0, 0.05) is 19.1 Å². The number of ether oxygens (including phenoxy) is 1. The molecule has 0 saturated heterocycles. The van der Waals surface area contributed by atoms with Crippen LogP contribution in [-0.4, -0.2) is 24.9 Å². The van der Waals surface area contributed by atoms with Gasteiger partial charge in [0.2, 0.25) is 0 Å². The van der Waals surface area contributed by atoms with Crippen LogP contribution in [0.1, 0.15) is 35.6 Å². The van der Waals surface area contributed by atoms with Crippen molar-refractivity contribution in [2.45, 2.75) is 31.7 Å². The second kappa shape index (κ2) is 8.14. The molecule has 0 aliphatic carbocycles. The SMILES string of the molecule is OCCCC(NCCc1ccc2c(c1)CCO2)c1ccccc1. The van der Waals surface area contributed by atoms with Gasteiger partial charge in [-0.2, -0.15) is 0 Å². The van der Waals surface area contributed by atoms with Crippen molar-refractivity contribution in [3.63, 3.8) is 0 Å². The number of aliphatic hydroxyl groups is 1. The maximum Gasteiger partial charge on any atom is 0.122 e. The highest BCUT2D eigenvalue weighted by atomic mass is 16.5.